The summed E-state index contributed by atoms with van der Waals surface area (Å²) in [5.74, 6) is 1.38. The van der Waals surface area contributed by atoms with Crippen molar-refractivity contribution in [3.05, 3.63) is 47.0 Å². The SMILES string of the molecule is COc1cnccc1C(O)Cc1ncc(C)c(OC)c1C. The summed E-state index contributed by atoms with van der Waals surface area (Å²) in [6.07, 6.45) is 4.67. The first-order chi connectivity index (χ1) is 10.1. The van der Waals surface area contributed by atoms with Crippen molar-refractivity contribution in [1.82, 2.24) is 9.97 Å². The van der Waals surface area contributed by atoms with Crippen LogP contribution in [0.25, 0.3) is 0 Å². The lowest BCUT2D eigenvalue weighted by atomic mass is 10.0. The van der Waals surface area contributed by atoms with Crippen molar-refractivity contribution >= 4 is 0 Å². The molecule has 1 unspecified atom stereocenters. The molecule has 0 spiro atoms. The number of methoxy groups -OCH3 is 2. The van der Waals surface area contributed by atoms with Crippen LogP contribution in [0.1, 0.15) is 28.5 Å². The van der Waals surface area contributed by atoms with Crippen molar-refractivity contribution in [3.8, 4) is 11.5 Å². The van der Waals surface area contributed by atoms with Gasteiger partial charge in [-0.15, -0.1) is 0 Å². The zero-order valence-electron chi connectivity index (χ0n) is 12.8. The second-order valence-electron chi connectivity index (χ2n) is 4.88. The molecule has 0 aliphatic rings. The Morgan fingerprint density at radius 1 is 1.19 bits per heavy atom. The van der Waals surface area contributed by atoms with Gasteiger partial charge >= 0.3 is 0 Å². The Morgan fingerprint density at radius 2 is 1.95 bits per heavy atom. The highest BCUT2D eigenvalue weighted by atomic mass is 16.5. The standard InChI is InChI=1S/C16H20N2O3/c1-10-8-18-13(11(2)16(10)21-4)7-14(19)12-5-6-17-9-15(12)20-3/h5-6,8-9,14,19H,7H2,1-4H3. The summed E-state index contributed by atoms with van der Waals surface area (Å²) in [4.78, 5) is 8.40. The third-order valence-corrected chi connectivity index (χ3v) is 3.53. The van der Waals surface area contributed by atoms with E-state index in [0.717, 1.165) is 22.6 Å². The predicted octanol–water partition coefficient (Wildman–Crippen LogP) is 2.39. The lowest BCUT2D eigenvalue weighted by Gasteiger charge is -2.17. The summed E-state index contributed by atoms with van der Waals surface area (Å²) in [5.41, 5.74) is 3.44. The molecule has 0 aromatic carbocycles. The van der Waals surface area contributed by atoms with Crippen LogP contribution in [-0.4, -0.2) is 29.3 Å². The molecule has 0 fully saturated rings. The number of rotatable bonds is 5. The van der Waals surface area contributed by atoms with Crippen molar-refractivity contribution < 1.29 is 14.6 Å². The van der Waals surface area contributed by atoms with Gasteiger partial charge in [-0.05, 0) is 19.9 Å². The van der Waals surface area contributed by atoms with Gasteiger partial charge in [0.05, 0.1) is 26.5 Å². The average molecular weight is 288 g/mol. The fraction of sp³-hybridized carbons (Fsp3) is 0.375. The molecule has 2 aromatic rings. The zero-order valence-corrected chi connectivity index (χ0v) is 12.8. The van der Waals surface area contributed by atoms with E-state index in [9.17, 15) is 5.11 Å². The van der Waals surface area contributed by atoms with Crippen LogP contribution in [-0.2, 0) is 6.42 Å². The van der Waals surface area contributed by atoms with Crippen LogP contribution in [0.5, 0.6) is 11.5 Å². The van der Waals surface area contributed by atoms with Crippen molar-refractivity contribution in [1.29, 1.82) is 0 Å². The van der Waals surface area contributed by atoms with Crippen LogP contribution in [0.15, 0.2) is 24.7 Å². The highest BCUT2D eigenvalue weighted by Crippen LogP contribution is 2.30. The van der Waals surface area contributed by atoms with Crippen LogP contribution < -0.4 is 9.47 Å². The first-order valence-electron chi connectivity index (χ1n) is 6.73. The minimum absolute atomic E-state index is 0.392. The number of hydrogen-bond donors (Lipinski definition) is 1. The summed E-state index contributed by atoms with van der Waals surface area (Å²) in [7, 11) is 3.20. The van der Waals surface area contributed by atoms with Gasteiger partial charge in [0.15, 0.2) is 0 Å². The zero-order chi connectivity index (χ0) is 15.4. The van der Waals surface area contributed by atoms with Crippen LogP contribution in [0.3, 0.4) is 0 Å². The third-order valence-electron chi connectivity index (χ3n) is 3.53. The molecular weight excluding hydrogens is 268 g/mol. The maximum Gasteiger partial charge on any atom is 0.142 e. The van der Waals surface area contributed by atoms with Crippen molar-refractivity contribution in [3.63, 3.8) is 0 Å². The molecular formula is C16H20N2O3. The van der Waals surface area contributed by atoms with Gasteiger partial charge in [-0.2, -0.15) is 0 Å². The Kier molecular flexibility index (Phi) is 4.75. The van der Waals surface area contributed by atoms with Crippen LogP contribution in [0.2, 0.25) is 0 Å². The molecule has 0 saturated heterocycles. The van der Waals surface area contributed by atoms with Gasteiger partial charge in [0.1, 0.15) is 11.5 Å². The van der Waals surface area contributed by atoms with E-state index in [1.807, 2.05) is 13.8 Å². The van der Waals surface area contributed by atoms with Crippen molar-refractivity contribution in [2.45, 2.75) is 26.4 Å². The molecule has 5 nitrogen and oxygen atoms in total. The fourth-order valence-electron chi connectivity index (χ4n) is 2.41. The van der Waals surface area contributed by atoms with Crippen LogP contribution >= 0.6 is 0 Å². The molecule has 1 atom stereocenters. The average Bonchev–Trinajstić information content (AvgIpc) is 2.50. The normalized spacial score (nSPS) is 12.0. The Balaban J connectivity index is 2.30. The lowest BCUT2D eigenvalue weighted by molar-refractivity contribution is 0.172. The number of aromatic nitrogens is 2. The second-order valence-corrected chi connectivity index (χ2v) is 4.88. The number of aliphatic hydroxyl groups excluding tert-OH is 1. The second kappa shape index (κ2) is 6.54. The van der Waals surface area contributed by atoms with Crippen LogP contribution in [0.4, 0.5) is 0 Å². The highest BCUT2D eigenvalue weighted by molar-refractivity contribution is 5.42. The molecule has 21 heavy (non-hydrogen) atoms. The maximum absolute atomic E-state index is 10.5. The van der Waals surface area contributed by atoms with Gasteiger partial charge in [0.25, 0.3) is 0 Å². The molecule has 0 aliphatic heterocycles. The monoisotopic (exact) mass is 288 g/mol. The minimum Gasteiger partial charge on any atom is -0.496 e. The minimum atomic E-state index is -0.707. The number of aliphatic hydroxyl groups is 1. The molecule has 0 aliphatic carbocycles. The Morgan fingerprint density at radius 3 is 2.62 bits per heavy atom. The topological polar surface area (TPSA) is 64.5 Å². The van der Waals surface area contributed by atoms with Gasteiger partial charge in [0.2, 0.25) is 0 Å². The summed E-state index contributed by atoms with van der Waals surface area (Å²) < 4.78 is 10.6. The maximum atomic E-state index is 10.5. The van der Waals surface area contributed by atoms with Gasteiger partial charge in [-0.1, -0.05) is 0 Å². The molecule has 0 saturated carbocycles. The number of nitrogens with zero attached hydrogens (tertiary/aromatic N) is 2. The smallest absolute Gasteiger partial charge is 0.142 e. The Hall–Kier alpha value is -2.14. The summed E-state index contributed by atoms with van der Waals surface area (Å²) >= 11 is 0. The molecule has 2 aromatic heterocycles. The molecule has 112 valence electrons. The Bertz CT molecular complexity index is 629. The molecule has 2 rings (SSSR count). The van der Waals surface area contributed by atoms with Gasteiger partial charge in [-0.3, -0.25) is 9.97 Å². The van der Waals surface area contributed by atoms with E-state index in [-0.39, 0.29) is 0 Å². The van der Waals surface area contributed by atoms with Gasteiger partial charge < -0.3 is 14.6 Å². The number of hydrogen-bond acceptors (Lipinski definition) is 5. The highest BCUT2D eigenvalue weighted by Gasteiger charge is 2.17. The molecule has 0 bridgehead atoms. The first-order valence-corrected chi connectivity index (χ1v) is 6.73. The van der Waals surface area contributed by atoms with E-state index in [0.29, 0.717) is 17.7 Å². The first kappa shape index (κ1) is 15.3. The Labute approximate surface area is 124 Å². The van der Waals surface area contributed by atoms with E-state index >= 15 is 0 Å². The van der Waals surface area contributed by atoms with Gasteiger partial charge in [-0.25, -0.2) is 0 Å². The van der Waals surface area contributed by atoms with E-state index in [1.165, 1.54) is 0 Å². The number of pyridine rings is 2. The van der Waals surface area contributed by atoms with Gasteiger partial charge in [0, 0.05) is 41.2 Å². The third kappa shape index (κ3) is 3.13. The largest absolute Gasteiger partial charge is 0.496 e. The summed E-state index contributed by atoms with van der Waals surface area (Å²) in [5, 5.41) is 10.5. The predicted molar refractivity (Wildman–Crippen MR) is 79.7 cm³/mol. The summed E-state index contributed by atoms with van der Waals surface area (Å²) in [6, 6.07) is 1.75. The van der Waals surface area contributed by atoms with Crippen molar-refractivity contribution in [2.24, 2.45) is 0 Å². The molecule has 0 amide bonds. The quantitative estimate of drug-likeness (QED) is 0.915. The number of ether oxygens (including phenoxy) is 2. The van der Waals surface area contributed by atoms with Crippen LogP contribution in [0, 0.1) is 13.8 Å². The van der Waals surface area contributed by atoms with E-state index < -0.39 is 6.10 Å². The molecule has 0 radical (unpaired) electrons. The number of aryl methyl sites for hydroxylation is 1. The molecule has 2 heterocycles. The lowest BCUT2D eigenvalue weighted by Crippen LogP contribution is -2.08. The van der Waals surface area contributed by atoms with E-state index in [1.54, 1.807) is 38.9 Å². The van der Waals surface area contributed by atoms with E-state index in [4.69, 9.17) is 9.47 Å². The van der Waals surface area contributed by atoms with Crippen molar-refractivity contribution in [2.75, 3.05) is 14.2 Å². The fourth-order valence-corrected chi connectivity index (χ4v) is 2.41. The summed E-state index contributed by atoms with van der Waals surface area (Å²) in [6.45, 7) is 3.90. The molecule has 1 N–H and O–H groups in total. The van der Waals surface area contributed by atoms with E-state index in [2.05, 4.69) is 9.97 Å². The molecule has 5 heteroatoms.